The molecule has 4 aromatic rings. The molecular weight excluding hydrogens is 597 g/mol. The van der Waals surface area contributed by atoms with Crippen LogP contribution in [0.2, 0.25) is 0 Å². The Morgan fingerprint density at radius 2 is 1.70 bits per heavy atom. The SMILES string of the molecule is C/C=C/C(F)Oc1ccc(C(=O)CCCc2c(-c3c(F)cc(OC)cc3F)n(C)n(-c3cccc(N4CC(C)(C)C4)n3)c2=O)cc1. The van der Waals surface area contributed by atoms with Crippen LogP contribution >= 0.6 is 0 Å². The van der Waals surface area contributed by atoms with Gasteiger partial charge in [0.2, 0.25) is 0 Å². The average molecular weight is 635 g/mol. The number of alkyl halides is 1. The largest absolute Gasteiger partial charge is 0.497 e. The summed E-state index contributed by atoms with van der Waals surface area (Å²) < 4.78 is 57.5. The summed E-state index contributed by atoms with van der Waals surface area (Å²) in [5.74, 6) is -0.709. The minimum absolute atomic E-state index is 0.00227. The maximum Gasteiger partial charge on any atom is 0.276 e. The molecule has 0 N–H and O–H groups in total. The lowest BCUT2D eigenvalue weighted by molar-refractivity contribution is 0.0980. The number of rotatable bonds is 12. The van der Waals surface area contributed by atoms with Crippen LogP contribution in [0.1, 0.15) is 49.5 Å². The van der Waals surface area contributed by atoms with Crippen molar-refractivity contribution in [1.29, 1.82) is 0 Å². The molecule has 0 bridgehead atoms. The molecule has 0 saturated carbocycles. The van der Waals surface area contributed by atoms with Gasteiger partial charge in [-0.05, 0) is 67.7 Å². The number of carbonyl (C=O) groups excluding carboxylic acids is 1. The van der Waals surface area contributed by atoms with E-state index >= 15 is 8.78 Å². The minimum Gasteiger partial charge on any atom is -0.497 e. The maximum absolute atomic E-state index is 15.5. The van der Waals surface area contributed by atoms with E-state index in [1.807, 2.05) is 6.07 Å². The lowest BCUT2D eigenvalue weighted by Crippen LogP contribution is -2.53. The van der Waals surface area contributed by atoms with E-state index in [4.69, 9.17) is 14.5 Å². The van der Waals surface area contributed by atoms with Crippen molar-refractivity contribution in [3.05, 3.63) is 99.9 Å². The number of ether oxygens (including phenoxy) is 2. The van der Waals surface area contributed by atoms with Crippen molar-refractivity contribution in [3.8, 4) is 28.6 Å². The van der Waals surface area contributed by atoms with Crippen LogP contribution in [-0.4, -0.2) is 46.7 Å². The number of hydrogen-bond donors (Lipinski definition) is 0. The van der Waals surface area contributed by atoms with Crippen LogP contribution in [0.25, 0.3) is 17.1 Å². The Bertz CT molecular complexity index is 1800. The van der Waals surface area contributed by atoms with Crippen LogP contribution in [-0.2, 0) is 13.5 Å². The van der Waals surface area contributed by atoms with E-state index in [0.717, 1.165) is 25.2 Å². The zero-order valence-corrected chi connectivity index (χ0v) is 26.5. The number of methoxy groups -OCH3 is 1. The molecule has 0 radical (unpaired) electrons. The first kappa shape index (κ1) is 32.6. The number of benzene rings is 2. The highest BCUT2D eigenvalue weighted by Gasteiger charge is 2.35. The summed E-state index contributed by atoms with van der Waals surface area (Å²) in [6.45, 7) is 7.61. The topological polar surface area (TPSA) is 78.6 Å². The summed E-state index contributed by atoms with van der Waals surface area (Å²) in [4.78, 5) is 33.8. The average Bonchev–Trinajstić information content (AvgIpc) is 3.24. The first-order valence-corrected chi connectivity index (χ1v) is 15.1. The summed E-state index contributed by atoms with van der Waals surface area (Å²) >= 11 is 0. The Hall–Kier alpha value is -4.80. The number of hydrogen-bond acceptors (Lipinski definition) is 6. The second-order valence-electron chi connectivity index (χ2n) is 12.1. The zero-order valence-electron chi connectivity index (χ0n) is 26.5. The van der Waals surface area contributed by atoms with E-state index in [1.54, 1.807) is 38.2 Å². The standard InChI is InChI=1S/C35H37F3N4O4/c1-6-9-29(38)46-23-16-14-22(15-17-23)28(43)11-7-10-25-33(32-26(36)18-24(45-5)19-27(32)37)40(4)42(34(25)44)31-13-8-12-30(39-31)41-20-35(2,3)21-41/h6,8-9,12-19,29H,7,10-11,20-21H2,1-5H3/b9-6+. The van der Waals surface area contributed by atoms with Crippen molar-refractivity contribution in [2.75, 3.05) is 25.1 Å². The molecule has 2 aromatic carbocycles. The summed E-state index contributed by atoms with van der Waals surface area (Å²) in [6, 6.07) is 13.6. The molecule has 8 nitrogen and oxygen atoms in total. The number of Topliss-reactive ketones (excluding diaryl/α,β-unsaturated/α-hetero) is 1. The van der Waals surface area contributed by atoms with Gasteiger partial charge in [-0.15, -0.1) is 0 Å². The van der Waals surface area contributed by atoms with Crippen molar-refractivity contribution in [1.82, 2.24) is 14.3 Å². The number of nitrogens with zero attached hydrogens (tertiary/aromatic N) is 4. The van der Waals surface area contributed by atoms with Crippen LogP contribution in [0.4, 0.5) is 19.0 Å². The second kappa shape index (κ2) is 13.3. The van der Waals surface area contributed by atoms with Gasteiger partial charge in [0.15, 0.2) is 11.6 Å². The van der Waals surface area contributed by atoms with E-state index in [1.165, 1.54) is 40.8 Å². The van der Waals surface area contributed by atoms with E-state index in [2.05, 4.69) is 18.7 Å². The third-order valence-electron chi connectivity index (χ3n) is 7.95. The van der Waals surface area contributed by atoms with Crippen LogP contribution in [0.3, 0.4) is 0 Å². The zero-order chi connectivity index (χ0) is 33.2. The summed E-state index contributed by atoms with van der Waals surface area (Å²) in [6.07, 6.45) is 1.55. The molecule has 242 valence electrons. The van der Waals surface area contributed by atoms with Crippen molar-refractivity contribution in [2.24, 2.45) is 12.5 Å². The molecule has 1 fully saturated rings. The molecule has 1 aliphatic heterocycles. The van der Waals surface area contributed by atoms with Gasteiger partial charge >= 0.3 is 0 Å². The molecule has 2 aromatic heterocycles. The number of ketones is 1. The lowest BCUT2D eigenvalue weighted by Gasteiger charge is -2.46. The number of carbonyl (C=O) groups is 1. The molecule has 1 aliphatic rings. The van der Waals surface area contributed by atoms with Crippen molar-refractivity contribution in [3.63, 3.8) is 0 Å². The minimum atomic E-state index is -1.60. The van der Waals surface area contributed by atoms with Crippen molar-refractivity contribution in [2.45, 2.75) is 46.4 Å². The second-order valence-corrected chi connectivity index (χ2v) is 12.1. The number of pyridine rings is 1. The Labute approximate surface area is 265 Å². The highest BCUT2D eigenvalue weighted by molar-refractivity contribution is 5.96. The molecule has 5 rings (SSSR count). The lowest BCUT2D eigenvalue weighted by atomic mass is 9.84. The van der Waals surface area contributed by atoms with E-state index < -0.39 is 23.6 Å². The predicted octanol–water partition coefficient (Wildman–Crippen LogP) is 6.83. The predicted molar refractivity (Wildman–Crippen MR) is 171 cm³/mol. The molecule has 1 saturated heterocycles. The monoisotopic (exact) mass is 634 g/mol. The van der Waals surface area contributed by atoms with E-state index in [-0.39, 0.29) is 58.8 Å². The summed E-state index contributed by atoms with van der Waals surface area (Å²) in [5, 5.41) is 0. The normalized spacial score (nSPS) is 14.7. The molecule has 11 heteroatoms. The number of anilines is 1. The number of allylic oxidation sites excluding steroid dienone is 1. The van der Waals surface area contributed by atoms with Gasteiger partial charge in [0, 0.05) is 49.8 Å². The van der Waals surface area contributed by atoms with Crippen LogP contribution < -0.4 is 19.9 Å². The molecule has 46 heavy (non-hydrogen) atoms. The van der Waals surface area contributed by atoms with Gasteiger partial charge in [-0.2, -0.15) is 9.07 Å². The van der Waals surface area contributed by atoms with Gasteiger partial charge < -0.3 is 14.4 Å². The Kier molecular flexibility index (Phi) is 9.41. The Morgan fingerprint density at radius 3 is 2.30 bits per heavy atom. The Morgan fingerprint density at radius 1 is 1.04 bits per heavy atom. The molecule has 0 aliphatic carbocycles. The third-order valence-corrected chi connectivity index (χ3v) is 7.95. The van der Waals surface area contributed by atoms with E-state index in [0.29, 0.717) is 17.2 Å². The molecular formula is C35H37F3N4O4. The van der Waals surface area contributed by atoms with Crippen molar-refractivity contribution < 1.29 is 27.4 Å². The number of aromatic nitrogens is 3. The smallest absolute Gasteiger partial charge is 0.276 e. The quantitative estimate of drug-likeness (QED) is 0.126. The summed E-state index contributed by atoms with van der Waals surface area (Å²) in [5.41, 5.74) is -0.118. The fourth-order valence-corrected chi connectivity index (χ4v) is 5.82. The van der Waals surface area contributed by atoms with Gasteiger partial charge in [-0.25, -0.2) is 13.8 Å². The first-order valence-electron chi connectivity index (χ1n) is 15.1. The molecule has 3 heterocycles. The van der Waals surface area contributed by atoms with E-state index in [9.17, 15) is 14.0 Å². The van der Waals surface area contributed by atoms with Gasteiger partial charge in [-0.3, -0.25) is 14.3 Å². The van der Waals surface area contributed by atoms with Gasteiger partial charge in [0.05, 0.1) is 18.4 Å². The molecule has 1 unspecified atom stereocenters. The van der Waals surface area contributed by atoms with Crippen LogP contribution in [0, 0.1) is 17.0 Å². The fraction of sp³-hybridized carbons (Fsp3) is 0.343. The maximum atomic E-state index is 15.5. The van der Waals surface area contributed by atoms with Crippen molar-refractivity contribution >= 4 is 11.6 Å². The van der Waals surface area contributed by atoms with Crippen LogP contribution in [0.15, 0.2) is 71.5 Å². The number of halogens is 3. The van der Waals surface area contributed by atoms with Crippen LogP contribution in [0.5, 0.6) is 11.5 Å². The third kappa shape index (κ3) is 6.73. The van der Waals surface area contributed by atoms with Gasteiger partial charge in [-0.1, -0.05) is 26.0 Å². The molecule has 1 atom stereocenters. The van der Waals surface area contributed by atoms with Gasteiger partial charge in [0.25, 0.3) is 11.9 Å². The molecule has 0 spiro atoms. The Balaban J connectivity index is 1.45. The summed E-state index contributed by atoms with van der Waals surface area (Å²) in [7, 11) is 2.86. The first-order chi connectivity index (χ1) is 21.9. The molecule has 0 amide bonds. The highest BCUT2D eigenvalue weighted by atomic mass is 19.1. The van der Waals surface area contributed by atoms with Gasteiger partial charge in [0.1, 0.15) is 29.0 Å². The fourth-order valence-electron chi connectivity index (χ4n) is 5.82. The highest BCUT2D eigenvalue weighted by Crippen LogP contribution is 2.34.